The minimum atomic E-state index is -0.779. The molecule has 0 radical (unpaired) electrons. The van der Waals surface area contributed by atoms with Crippen LogP contribution < -0.4 is 9.47 Å². The highest BCUT2D eigenvalue weighted by Gasteiger charge is 2.27. The Morgan fingerprint density at radius 1 is 1.42 bits per heavy atom. The van der Waals surface area contributed by atoms with Crippen LogP contribution in [-0.4, -0.2) is 49.8 Å². The van der Waals surface area contributed by atoms with E-state index in [-0.39, 0.29) is 6.54 Å². The molecule has 1 atom stereocenters. The van der Waals surface area contributed by atoms with Crippen molar-refractivity contribution >= 4 is 5.97 Å². The van der Waals surface area contributed by atoms with E-state index in [0.717, 1.165) is 36.6 Å². The second-order valence-electron chi connectivity index (χ2n) is 4.72. The van der Waals surface area contributed by atoms with E-state index in [2.05, 4.69) is 0 Å². The Bertz CT molecular complexity index is 461. The van der Waals surface area contributed by atoms with Gasteiger partial charge in [0.25, 0.3) is 0 Å². The van der Waals surface area contributed by atoms with E-state index < -0.39 is 5.97 Å². The highest BCUT2D eigenvalue weighted by molar-refractivity contribution is 5.69. The lowest BCUT2D eigenvalue weighted by atomic mass is 9.97. The van der Waals surface area contributed by atoms with Crippen LogP contribution in [-0.2, 0) is 4.79 Å². The van der Waals surface area contributed by atoms with Gasteiger partial charge in [-0.05, 0) is 31.2 Å². The van der Waals surface area contributed by atoms with Crippen LogP contribution in [0.25, 0.3) is 0 Å². The molecule has 104 valence electrons. The van der Waals surface area contributed by atoms with E-state index in [1.165, 1.54) is 0 Å². The summed E-state index contributed by atoms with van der Waals surface area (Å²) in [5.41, 5.74) is 1.09. The van der Waals surface area contributed by atoms with Gasteiger partial charge in [0.15, 0.2) is 0 Å². The number of rotatable bonds is 5. The number of hydrogen-bond acceptors (Lipinski definition) is 4. The zero-order valence-corrected chi connectivity index (χ0v) is 11.3. The second kappa shape index (κ2) is 5.93. The van der Waals surface area contributed by atoms with Crippen molar-refractivity contribution in [2.75, 3.05) is 33.9 Å². The molecular weight excluding hydrogens is 246 g/mol. The molecule has 1 aliphatic rings. The molecule has 1 N–H and O–H groups in total. The van der Waals surface area contributed by atoms with Gasteiger partial charge in [-0.1, -0.05) is 0 Å². The van der Waals surface area contributed by atoms with Gasteiger partial charge in [0.05, 0.1) is 20.8 Å². The SMILES string of the molecule is COc1ccc(OC)c(C2CCN(CC(=O)O)C2)c1. The van der Waals surface area contributed by atoms with Crippen LogP contribution >= 0.6 is 0 Å². The van der Waals surface area contributed by atoms with Crippen molar-refractivity contribution in [3.05, 3.63) is 23.8 Å². The molecule has 0 spiro atoms. The first kappa shape index (κ1) is 13.7. The zero-order valence-electron chi connectivity index (χ0n) is 11.3. The minimum Gasteiger partial charge on any atom is -0.497 e. The summed E-state index contributed by atoms with van der Waals surface area (Å²) >= 11 is 0. The van der Waals surface area contributed by atoms with E-state index in [4.69, 9.17) is 14.6 Å². The maximum atomic E-state index is 10.7. The second-order valence-corrected chi connectivity index (χ2v) is 4.72. The Morgan fingerprint density at radius 3 is 2.84 bits per heavy atom. The smallest absolute Gasteiger partial charge is 0.317 e. The lowest BCUT2D eigenvalue weighted by molar-refractivity contribution is -0.138. The molecule has 2 rings (SSSR count). The summed E-state index contributed by atoms with van der Waals surface area (Å²) in [6, 6.07) is 5.74. The van der Waals surface area contributed by atoms with Crippen molar-refractivity contribution in [1.29, 1.82) is 0 Å². The highest BCUT2D eigenvalue weighted by atomic mass is 16.5. The Balaban J connectivity index is 2.15. The molecule has 5 nitrogen and oxygen atoms in total. The molecule has 1 fully saturated rings. The average molecular weight is 265 g/mol. The summed E-state index contributed by atoms with van der Waals surface area (Å²) in [5.74, 6) is 1.15. The van der Waals surface area contributed by atoms with Crippen LogP contribution in [0.3, 0.4) is 0 Å². The fraction of sp³-hybridized carbons (Fsp3) is 0.500. The molecule has 0 bridgehead atoms. The third kappa shape index (κ3) is 3.17. The molecule has 5 heteroatoms. The third-order valence-electron chi connectivity index (χ3n) is 3.51. The topological polar surface area (TPSA) is 59.0 Å². The van der Waals surface area contributed by atoms with Crippen LogP contribution in [0.5, 0.6) is 11.5 Å². The van der Waals surface area contributed by atoms with Gasteiger partial charge in [-0.2, -0.15) is 0 Å². The van der Waals surface area contributed by atoms with E-state index in [9.17, 15) is 4.79 Å². The van der Waals surface area contributed by atoms with Gasteiger partial charge in [0.2, 0.25) is 0 Å². The summed E-state index contributed by atoms with van der Waals surface area (Å²) in [6.07, 6.45) is 0.941. The summed E-state index contributed by atoms with van der Waals surface area (Å²) < 4.78 is 10.6. The minimum absolute atomic E-state index is 0.1000. The van der Waals surface area contributed by atoms with Crippen molar-refractivity contribution in [1.82, 2.24) is 4.90 Å². The molecule has 19 heavy (non-hydrogen) atoms. The molecule has 0 saturated carbocycles. The molecule has 0 aromatic heterocycles. The van der Waals surface area contributed by atoms with Gasteiger partial charge in [0.1, 0.15) is 11.5 Å². The third-order valence-corrected chi connectivity index (χ3v) is 3.51. The van der Waals surface area contributed by atoms with Crippen molar-refractivity contribution in [3.8, 4) is 11.5 Å². The Labute approximate surface area is 112 Å². The number of nitrogens with zero attached hydrogens (tertiary/aromatic N) is 1. The molecule has 1 aromatic rings. The Kier molecular flexibility index (Phi) is 4.27. The largest absolute Gasteiger partial charge is 0.497 e. The van der Waals surface area contributed by atoms with E-state index in [1.54, 1.807) is 14.2 Å². The number of methoxy groups -OCH3 is 2. The number of aliphatic carboxylic acids is 1. The molecule has 1 unspecified atom stereocenters. The van der Waals surface area contributed by atoms with Crippen LogP contribution in [0.1, 0.15) is 17.9 Å². The highest BCUT2D eigenvalue weighted by Crippen LogP contribution is 2.35. The van der Waals surface area contributed by atoms with E-state index >= 15 is 0 Å². The molecule has 0 amide bonds. The normalized spacial score (nSPS) is 19.4. The monoisotopic (exact) mass is 265 g/mol. The van der Waals surface area contributed by atoms with Crippen molar-refractivity contribution in [2.24, 2.45) is 0 Å². The van der Waals surface area contributed by atoms with E-state index in [1.807, 2.05) is 23.1 Å². The van der Waals surface area contributed by atoms with Crippen LogP contribution in [0.4, 0.5) is 0 Å². The first-order valence-corrected chi connectivity index (χ1v) is 6.30. The first-order chi connectivity index (χ1) is 9.13. The van der Waals surface area contributed by atoms with Crippen LogP contribution in [0.2, 0.25) is 0 Å². The molecule has 1 aliphatic heterocycles. The lowest BCUT2D eigenvalue weighted by Gasteiger charge is -2.17. The number of carboxylic acid groups (broad SMARTS) is 1. The first-order valence-electron chi connectivity index (χ1n) is 6.30. The van der Waals surface area contributed by atoms with E-state index in [0.29, 0.717) is 5.92 Å². The number of hydrogen-bond donors (Lipinski definition) is 1. The number of benzene rings is 1. The van der Waals surface area contributed by atoms with Gasteiger partial charge < -0.3 is 14.6 Å². The number of likely N-dealkylation sites (tertiary alicyclic amines) is 1. The number of carboxylic acids is 1. The summed E-state index contributed by atoms with van der Waals surface area (Å²) in [4.78, 5) is 12.7. The fourth-order valence-electron chi connectivity index (χ4n) is 2.58. The van der Waals surface area contributed by atoms with Gasteiger partial charge in [-0.25, -0.2) is 0 Å². The van der Waals surface area contributed by atoms with Crippen molar-refractivity contribution < 1.29 is 19.4 Å². The van der Waals surface area contributed by atoms with Crippen molar-refractivity contribution in [3.63, 3.8) is 0 Å². The number of ether oxygens (including phenoxy) is 2. The lowest BCUT2D eigenvalue weighted by Crippen LogP contribution is -2.27. The Morgan fingerprint density at radius 2 is 2.21 bits per heavy atom. The molecule has 0 aliphatic carbocycles. The molecule has 1 heterocycles. The van der Waals surface area contributed by atoms with Gasteiger partial charge in [0, 0.05) is 18.0 Å². The van der Waals surface area contributed by atoms with Gasteiger partial charge >= 0.3 is 5.97 Å². The Hall–Kier alpha value is -1.75. The van der Waals surface area contributed by atoms with Crippen LogP contribution in [0.15, 0.2) is 18.2 Å². The average Bonchev–Trinajstić information content (AvgIpc) is 2.85. The predicted molar refractivity (Wildman–Crippen MR) is 71.0 cm³/mol. The standard InChI is InChI=1S/C14H19NO4/c1-18-11-3-4-13(19-2)12(7-11)10-5-6-15(8-10)9-14(16)17/h3-4,7,10H,5-6,8-9H2,1-2H3,(H,16,17). The van der Waals surface area contributed by atoms with Gasteiger partial charge in [-0.3, -0.25) is 9.69 Å². The molecule has 1 saturated heterocycles. The zero-order chi connectivity index (χ0) is 13.8. The maximum absolute atomic E-state index is 10.7. The molecule has 1 aromatic carbocycles. The number of carbonyl (C=O) groups is 1. The summed E-state index contributed by atoms with van der Waals surface area (Å²) in [5, 5.41) is 8.83. The fourth-order valence-corrected chi connectivity index (χ4v) is 2.58. The summed E-state index contributed by atoms with van der Waals surface area (Å²) in [7, 11) is 3.28. The maximum Gasteiger partial charge on any atom is 0.317 e. The summed E-state index contributed by atoms with van der Waals surface area (Å²) in [6.45, 7) is 1.65. The predicted octanol–water partition coefficient (Wildman–Crippen LogP) is 1.58. The van der Waals surface area contributed by atoms with Crippen molar-refractivity contribution in [2.45, 2.75) is 12.3 Å². The quantitative estimate of drug-likeness (QED) is 0.876. The molecular formula is C14H19NO4. The van der Waals surface area contributed by atoms with Crippen LogP contribution in [0, 0.1) is 0 Å². The van der Waals surface area contributed by atoms with Gasteiger partial charge in [-0.15, -0.1) is 0 Å².